The third-order valence-electron chi connectivity index (χ3n) is 4.65. The molecule has 2 atom stereocenters. The summed E-state index contributed by atoms with van der Waals surface area (Å²) in [4.78, 5) is 14.3. The van der Waals surface area contributed by atoms with Gasteiger partial charge in [0.2, 0.25) is 5.91 Å². The Morgan fingerprint density at radius 1 is 1.41 bits per heavy atom. The molecule has 2 N–H and O–H groups in total. The fraction of sp³-hybridized carbons (Fsp3) is 0.611. The van der Waals surface area contributed by atoms with Crippen LogP contribution in [-0.2, 0) is 11.2 Å². The van der Waals surface area contributed by atoms with E-state index in [4.69, 9.17) is 0 Å². The topological polar surface area (TPSA) is 60.8 Å². The van der Waals surface area contributed by atoms with E-state index in [0.717, 1.165) is 6.42 Å². The largest absolute Gasteiger partial charge is 0.508 e. The molecule has 0 bridgehead atoms. The molecule has 0 saturated carbocycles. The number of rotatable bonds is 4. The van der Waals surface area contributed by atoms with Gasteiger partial charge in [0.15, 0.2) is 0 Å². The summed E-state index contributed by atoms with van der Waals surface area (Å²) in [5, 5.41) is 20.3. The molecule has 1 aromatic carbocycles. The highest BCUT2D eigenvalue weighted by atomic mass is 16.3. The number of aliphatic hydroxyl groups is 1. The third-order valence-corrected chi connectivity index (χ3v) is 4.65. The number of carbonyl (C=O) groups is 1. The fourth-order valence-electron chi connectivity index (χ4n) is 3.18. The van der Waals surface area contributed by atoms with Gasteiger partial charge in [0.05, 0.1) is 12.0 Å². The Balaban J connectivity index is 2.03. The van der Waals surface area contributed by atoms with Gasteiger partial charge in [-0.1, -0.05) is 32.0 Å². The Morgan fingerprint density at radius 3 is 2.73 bits per heavy atom. The second-order valence-electron chi connectivity index (χ2n) is 7.08. The summed E-state index contributed by atoms with van der Waals surface area (Å²) in [5.41, 5.74) is -0.0408. The van der Waals surface area contributed by atoms with Crippen molar-refractivity contribution in [1.29, 1.82) is 0 Å². The molecule has 0 unspecified atom stereocenters. The smallest absolute Gasteiger partial charge is 0.227 e. The fourth-order valence-corrected chi connectivity index (χ4v) is 3.18. The van der Waals surface area contributed by atoms with Gasteiger partial charge in [0.1, 0.15) is 5.75 Å². The zero-order valence-corrected chi connectivity index (χ0v) is 13.7. The molecule has 1 saturated heterocycles. The average Bonchev–Trinajstić information content (AvgIpc) is 2.43. The highest BCUT2D eigenvalue weighted by Gasteiger charge is 2.39. The third kappa shape index (κ3) is 4.01. The number of hydrogen-bond donors (Lipinski definition) is 2. The minimum Gasteiger partial charge on any atom is -0.508 e. The number of phenols is 1. The van der Waals surface area contributed by atoms with Crippen LogP contribution >= 0.6 is 0 Å². The van der Waals surface area contributed by atoms with Gasteiger partial charge < -0.3 is 15.1 Å². The number of nitrogens with zero attached hydrogens (tertiary/aromatic N) is 1. The summed E-state index contributed by atoms with van der Waals surface area (Å²) >= 11 is 0. The summed E-state index contributed by atoms with van der Waals surface area (Å²) in [6.45, 7) is 7.33. The molecule has 1 fully saturated rings. The van der Waals surface area contributed by atoms with E-state index in [2.05, 4.69) is 13.8 Å². The standard InChI is InChI=1S/C18H27NO3/c1-13(2)10-15-12-19(9-8-18(15,3)22)17(21)11-14-6-4-5-7-16(14)20/h4-7,13,15,20,22H,8-12H2,1-3H3/t15-,18+/m1/s1. The van der Waals surface area contributed by atoms with E-state index in [1.165, 1.54) is 0 Å². The summed E-state index contributed by atoms with van der Waals surface area (Å²) in [5.74, 6) is 0.781. The van der Waals surface area contributed by atoms with Crippen molar-refractivity contribution < 1.29 is 15.0 Å². The molecule has 2 rings (SSSR count). The van der Waals surface area contributed by atoms with Crippen molar-refractivity contribution in [3.8, 4) is 5.75 Å². The zero-order valence-electron chi connectivity index (χ0n) is 13.7. The van der Waals surface area contributed by atoms with Crippen LogP contribution in [0.2, 0.25) is 0 Å². The molecule has 0 radical (unpaired) electrons. The Morgan fingerprint density at radius 2 is 2.09 bits per heavy atom. The summed E-state index contributed by atoms with van der Waals surface area (Å²) in [6, 6.07) is 6.95. The predicted molar refractivity (Wildman–Crippen MR) is 86.6 cm³/mol. The van der Waals surface area contributed by atoms with Crippen LogP contribution in [0.25, 0.3) is 0 Å². The molecule has 1 amide bonds. The van der Waals surface area contributed by atoms with Crippen molar-refractivity contribution in [2.24, 2.45) is 11.8 Å². The maximum absolute atomic E-state index is 12.5. The Bertz CT molecular complexity index is 525. The van der Waals surface area contributed by atoms with E-state index in [-0.39, 0.29) is 24.0 Å². The van der Waals surface area contributed by atoms with Gasteiger partial charge in [0, 0.05) is 24.6 Å². The molecular formula is C18H27NO3. The van der Waals surface area contributed by atoms with Gasteiger partial charge in [-0.15, -0.1) is 0 Å². The van der Waals surface area contributed by atoms with Crippen LogP contribution in [0, 0.1) is 11.8 Å². The molecular weight excluding hydrogens is 278 g/mol. The lowest BCUT2D eigenvalue weighted by atomic mass is 9.78. The van der Waals surface area contributed by atoms with E-state index >= 15 is 0 Å². The number of para-hydroxylation sites is 1. The first-order valence-corrected chi connectivity index (χ1v) is 8.06. The van der Waals surface area contributed by atoms with E-state index in [1.807, 2.05) is 17.9 Å². The average molecular weight is 305 g/mol. The number of aromatic hydroxyl groups is 1. The lowest BCUT2D eigenvalue weighted by Gasteiger charge is -2.43. The number of amides is 1. The van der Waals surface area contributed by atoms with E-state index in [9.17, 15) is 15.0 Å². The van der Waals surface area contributed by atoms with E-state index in [0.29, 0.717) is 31.0 Å². The van der Waals surface area contributed by atoms with Gasteiger partial charge in [-0.3, -0.25) is 4.79 Å². The first-order chi connectivity index (χ1) is 10.3. The van der Waals surface area contributed by atoms with E-state index < -0.39 is 5.60 Å². The van der Waals surface area contributed by atoms with Crippen molar-refractivity contribution in [2.45, 2.75) is 45.6 Å². The van der Waals surface area contributed by atoms with Crippen molar-refractivity contribution in [2.75, 3.05) is 13.1 Å². The molecule has 1 aromatic rings. The second-order valence-corrected chi connectivity index (χ2v) is 7.08. The van der Waals surface area contributed by atoms with Crippen LogP contribution in [0.1, 0.15) is 39.2 Å². The minimum absolute atomic E-state index is 0.0192. The van der Waals surface area contributed by atoms with Gasteiger partial charge >= 0.3 is 0 Å². The molecule has 1 aliphatic heterocycles. The molecule has 1 heterocycles. The summed E-state index contributed by atoms with van der Waals surface area (Å²) < 4.78 is 0. The number of hydrogen-bond acceptors (Lipinski definition) is 3. The molecule has 1 aliphatic rings. The minimum atomic E-state index is -0.698. The maximum Gasteiger partial charge on any atom is 0.227 e. The molecule has 0 aliphatic carbocycles. The van der Waals surface area contributed by atoms with Crippen LogP contribution < -0.4 is 0 Å². The van der Waals surface area contributed by atoms with Crippen LogP contribution in [0.4, 0.5) is 0 Å². The Labute approximate surface area is 132 Å². The Kier molecular flexibility index (Phi) is 5.12. The second kappa shape index (κ2) is 6.69. The van der Waals surface area contributed by atoms with Gasteiger partial charge in [-0.25, -0.2) is 0 Å². The lowest BCUT2D eigenvalue weighted by Crippen LogP contribution is -2.52. The van der Waals surface area contributed by atoms with Crippen LogP contribution in [0.5, 0.6) is 5.75 Å². The van der Waals surface area contributed by atoms with Crippen molar-refractivity contribution >= 4 is 5.91 Å². The molecule has 22 heavy (non-hydrogen) atoms. The van der Waals surface area contributed by atoms with Crippen LogP contribution in [-0.4, -0.2) is 39.7 Å². The monoisotopic (exact) mass is 305 g/mol. The quantitative estimate of drug-likeness (QED) is 0.899. The number of benzene rings is 1. The molecule has 0 spiro atoms. The normalized spacial score (nSPS) is 25.5. The predicted octanol–water partition coefficient (Wildman–Crippen LogP) is 2.58. The van der Waals surface area contributed by atoms with Crippen molar-refractivity contribution in [1.82, 2.24) is 4.90 Å². The van der Waals surface area contributed by atoms with Gasteiger partial charge in [-0.2, -0.15) is 0 Å². The SMILES string of the molecule is CC(C)C[C@@H]1CN(C(=O)Cc2ccccc2O)CC[C@]1(C)O. The molecule has 0 aromatic heterocycles. The summed E-state index contributed by atoms with van der Waals surface area (Å²) in [6.07, 6.45) is 1.73. The van der Waals surface area contributed by atoms with E-state index in [1.54, 1.807) is 18.2 Å². The summed E-state index contributed by atoms with van der Waals surface area (Å²) in [7, 11) is 0. The van der Waals surface area contributed by atoms with Crippen LogP contribution in [0.3, 0.4) is 0 Å². The van der Waals surface area contributed by atoms with Crippen molar-refractivity contribution in [3.63, 3.8) is 0 Å². The van der Waals surface area contributed by atoms with Crippen molar-refractivity contribution in [3.05, 3.63) is 29.8 Å². The number of piperidine rings is 1. The number of phenolic OH excluding ortho intramolecular Hbond substituents is 1. The van der Waals surface area contributed by atoms with Crippen LogP contribution in [0.15, 0.2) is 24.3 Å². The zero-order chi connectivity index (χ0) is 16.3. The molecule has 122 valence electrons. The lowest BCUT2D eigenvalue weighted by molar-refractivity contribution is -0.138. The highest BCUT2D eigenvalue weighted by molar-refractivity contribution is 5.79. The highest BCUT2D eigenvalue weighted by Crippen LogP contribution is 2.32. The number of carbonyl (C=O) groups excluding carboxylic acids is 1. The first-order valence-electron chi connectivity index (χ1n) is 8.06. The Hall–Kier alpha value is -1.55. The maximum atomic E-state index is 12.5. The van der Waals surface area contributed by atoms with Gasteiger partial charge in [0.25, 0.3) is 0 Å². The van der Waals surface area contributed by atoms with Gasteiger partial charge in [-0.05, 0) is 31.7 Å². The molecule has 4 nitrogen and oxygen atoms in total. The first kappa shape index (κ1) is 16.8. The molecule has 4 heteroatoms. The number of likely N-dealkylation sites (tertiary alicyclic amines) is 1.